The van der Waals surface area contributed by atoms with E-state index in [1.165, 1.54) is 5.56 Å². The van der Waals surface area contributed by atoms with Crippen LogP contribution in [-0.2, 0) is 17.8 Å². The van der Waals surface area contributed by atoms with Crippen molar-refractivity contribution in [3.05, 3.63) is 53.6 Å². The average molecular weight is 328 g/mol. The molecule has 1 N–H and O–H groups in total. The second kappa shape index (κ2) is 7.49. The Morgan fingerprint density at radius 3 is 3.00 bits per heavy atom. The molecular weight excluding hydrogens is 304 g/mol. The number of ether oxygens (including phenoxy) is 1. The van der Waals surface area contributed by atoms with E-state index in [0.717, 1.165) is 17.9 Å². The zero-order valence-corrected chi connectivity index (χ0v) is 14.2. The third-order valence-electron chi connectivity index (χ3n) is 4.34. The second-order valence-electron chi connectivity index (χ2n) is 6.20. The Kier molecular flexibility index (Phi) is 5.15. The molecule has 1 fully saturated rings. The van der Waals surface area contributed by atoms with Crippen LogP contribution in [0.3, 0.4) is 0 Å². The highest BCUT2D eigenvalue weighted by atomic mass is 16.5. The molecule has 1 saturated heterocycles. The molecular formula is C18H24N4O2. The molecule has 2 heterocycles. The van der Waals surface area contributed by atoms with Gasteiger partial charge in [0.05, 0.1) is 19.3 Å². The highest BCUT2D eigenvalue weighted by Crippen LogP contribution is 2.10. The first-order valence-electron chi connectivity index (χ1n) is 8.31. The Morgan fingerprint density at radius 2 is 2.25 bits per heavy atom. The van der Waals surface area contributed by atoms with Gasteiger partial charge in [-0.15, -0.1) is 0 Å². The summed E-state index contributed by atoms with van der Waals surface area (Å²) >= 11 is 0. The van der Waals surface area contributed by atoms with Crippen molar-refractivity contribution in [2.75, 3.05) is 19.8 Å². The molecule has 1 aliphatic heterocycles. The van der Waals surface area contributed by atoms with Gasteiger partial charge in [0, 0.05) is 32.0 Å². The lowest BCUT2D eigenvalue weighted by Crippen LogP contribution is -2.51. The number of imidazole rings is 1. The van der Waals surface area contributed by atoms with Crippen molar-refractivity contribution < 1.29 is 9.53 Å². The Balaban J connectivity index is 1.58. The monoisotopic (exact) mass is 328 g/mol. The molecule has 2 amide bonds. The molecule has 0 saturated carbocycles. The summed E-state index contributed by atoms with van der Waals surface area (Å²) in [4.78, 5) is 18.4. The van der Waals surface area contributed by atoms with Crippen molar-refractivity contribution in [1.29, 1.82) is 0 Å². The number of hydrogen-bond donors (Lipinski definition) is 1. The molecule has 1 aromatic heterocycles. The zero-order valence-electron chi connectivity index (χ0n) is 14.2. The van der Waals surface area contributed by atoms with E-state index in [4.69, 9.17) is 4.74 Å². The van der Waals surface area contributed by atoms with Crippen LogP contribution < -0.4 is 5.32 Å². The molecule has 1 aromatic carbocycles. The lowest BCUT2D eigenvalue weighted by atomic mass is 10.1. The first-order chi connectivity index (χ1) is 11.6. The molecule has 0 spiro atoms. The predicted molar refractivity (Wildman–Crippen MR) is 91.7 cm³/mol. The van der Waals surface area contributed by atoms with Crippen molar-refractivity contribution in [3.8, 4) is 0 Å². The van der Waals surface area contributed by atoms with Gasteiger partial charge in [0.1, 0.15) is 5.82 Å². The fraction of sp³-hybridized carbons (Fsp3) is 0.444. The van der Waals surface area contributed by atoms with Gasteiger partial charge in [-0.1, -0.05) is 24.3 Å². The van der Waals surface area contributed by atoms with Crippen LogP contribution in [0.4, 0.5) is 4.79 Å². The van der Waals surface area contributed by atoms with Gasteiger partial charge in [-0.05, 0) is 25.0 Å². The zero-order chi connectivity index (χ0) is 16.9. The topological polar surface area (TPSA) is 59.4 Å². The minimum atomic E-state index is -0.0262. The maximum atomic E-state index is 12.3. The van der Waals surface area contributed by atoms with E-state index in [-0.39, 0.29) is 12.1 Å². The van der Waals surface area contributed by atoms with Crippen LogP contribution >= 0.6 is 0 Å². The van der Waals surface area contributed by atoms with Crippen LogP contribution in [0.2, 0.25) is 0 Å². The fourth-order valence-electron chi connectivity index (χ4n) is 2.91. The normalized spacial score (nSPS) is 17.8. The summed E-state index contributed by atoms with van der Waals surface area (Å²) in [5.74, 6) is 0.995. The summed E-state index contributed by atoms with van der Waals surface area (Å²) < 4.78 is 7.48. The van der Waals surface area contributed by atoms with Crippen LogP contribution in [-0.4, -0.2) is 46.3 Å². The molecule has 0 bridgehead atoms. The number of aryl methyl sites for hydroxylation is 1. The number of urea groups is 1. The number of carbonyl (C=O) groups is 1. The van der Waals surface area contributed by atoms with Gasteiger partial charge in [-0.25, -0.2) is 9.78 Å². The van der Waals surface area contributed by atoms with Gasteiger partial charge >= 0.3 is 6.03 Å². The summed E-state index contributed by atoms with van der Waals surface area (Å²) in [5, 5.41) is 3.01. The van der Waals surface area contributed by atoms with E-state index >= 15 is 0 Å². The maximum Gasteiger partial charge on any atom is 0.318 e. The average Bonchev–Trinajstić information content (AvgIpc) is 2.98. The summed E-state index contributed by atoms with van der Waals surface area (Å²) in [6, 6.07) is 8.38. The van der Waals surface area contributed by atoms with E-state index in [9.17, 15) is 4.79 Å². The smallest absolute Gasteiger partial charge is 0.318 e. The number of rotatable bonds is 4. The van der Waals surface area contributed by atoms with E-state index in [1.807, 2.05) is 43.3 Å². The number of nitrogens with zero attached hydrogens (tertiary/aromatic N) is 3. The Bertz CT molecular complexity index is 698. The molecule has 3 rings (SSSR count). The predicted octanol–water partition coefficient (Wildman–Crippen LogP) is 2.17. The van der Waals surface area contributed by atoms with Crippen molar-refractivity contribution >= 4 is 6.03 Å². The molecule has 1 aliphatic rings. The first kappa shape index (κ1) is 16.5. The number of nitrogens with one attached hydrogen (secondary N) is 1. The summed E-state index contributed by atoms with van der Waals surface area (Å²) in [6.07, 6.45) is 3.78. The number of amides is 2. The highest BCUT2D eigenvalue weighted by Gasteiger charge is 2.23. The summed E-state index contributed by atoms with van der Waals surface area (Å²) in [6.45, 7) is 7.17. The number of benzene rings is 1. The molecule has 1 unspecified atom stereocenters. The standard InChI is InChI=1S/C18H24N4O2/c1-14-13-24-9-8-22(14)18(23)20-11-16-4-3-5-17(10-16)12-21-7-6-19-15(21)2/h3-7,10,14H,8-9,11-13H2,1-2H3,(H,20,23). The molecule has 24 heavy (non-hydrogen) atoms. The number of carbonyl (C=O) groups excluding carboxylic acids is 1. The number of morpholine rings is 1. The SMILES string of the molecule is Cc1nccn1Cc1cccc(CNC(=O)N2CCOCC2C)c1. The van der Waals surface area contributed by atoms with E-state index in [2.05, 4.69) is 27.0 Å². The Labute approximate surface area is 142 Å². The summed E-state index contributed by atoms with van der Waals surface area (Å²) in [7, 11) is 0. The summed E-state index contributed by atoms with van der Waals surface area (Å²) in [5.41, 5.74) is 2.29. The number of aromatic nitrogens is 2. The van der Waals surface area contributed by atoms with Gasteiger partial charge in [-0.2, -0.15) is 0 Å². The van der Waals surface area contributed by atoms with Crippen LogP contribution in [0.25, 0.3) is 0 Å². The lowest BCUT2D eigenvalue weighted by Gasteiger charge is -2.33. The Hall–Kier alpha value is -2.34. The molecule has 6 nitrogen and oxygen atoms in total. The van der Waals surface area contributed by atoms with E-state index < -0.39 is 0 Å². The maximum absolute atomic E-state index is 12.3. The molecule has 2 aromatic rings. The first-order valence-corrected chi connectivity index (χ1v) is 8.31. The van der Waals surface area contributed by atoms with E-state index in [0.29, 0.717) is 26.3 Å². The second-order valence-corrected chi connectivity index (χ2v) is 6.20. The largest absolute Gasteiger partial charge is 0.377 e. The number of hydrogen-bond acceptors (Lipinski definition) is 3. The van der Waals surface area contributed by atoms with E-state index in [1.54, 1.807) is 0 Å². The van der Waals surface area contributed by atoms with Crippen LogP contribution in [0, 0.1) is 6.92 Å². The molecule has 6 heteroatoms. The van der Waals surface area contributed by atoms with Crippen molar-refractivity contribution in [3.63, 3.8) is 0 Å². The van der Waals surface area contributed by atoms with Crippen molar-refractivity contribution in [2.24, 2.45) is 0 Å². The van der Waals surface area contributed by atoms with Gasteiger partial charge in [-0.3, -0.25) is 0 Å². The van der Waals surface area contributed by atoms with Gasteiger partial charge in [0.15, 0.2) is 0 Å². The van der Waals surface area contributed by atoms with Crippen LogP contribution in [0.5, 0.6) is 0 Å². The minimum Gasteiger partial charge on any atom is -0.377 e. The quantitative estimate of drug-likeness (QED) is 0.936. The Morgan fingerprint density at radius 1 is 1.42 bits per heavy atom. The fourth-order valence-corrected chi connectivity index (χ4v) is 2.91. The van der Waals surface area contributed by atoms with Crippen LogP contribution in [0.1, 0.15) is 23.9 Å². The minimum absolute atomic E-state index is 0.0262. The van der Waals surface area contributed by atoms with Crippen LogP contribution in [0.15, 0.2) is 36.7 Å². The van der Waals surface area contributed by atoms with Gasteiger partial charge < -0.3 is 19.5 Å². The third kappa shape index (κ3) is 3.94. The third-order valence-corrected chi connectivity index (χ3v) is 4.34. The van der Waals surface area contributed by atoms with Gasteiger partial charge in [0.25, 0.3) is 0 Å². The molecule has 0 radical (unpaired) electrons. The lowest BCUT2D eigenvalue weighted by molar-refractivity contribution is 0.0190. The van der Waals surface area contributed by atoms with Gasteiger partial charge in [0.2, 0.25) is 0 Å². The van der Waals surface area contributed by atoms with Crippen molar-refractivity contribution in [1.82, 2.24) is 19.8 Å². The van der Waals surface area contributed by atoms with Crippen molar-refractivity contribution in [2.45, 2.75) is 33.0 Å². The highest BCUT2D eigenvalue weighted by molar-refractivity contribution is 5.74. The molecule has 128 valence electrons. The molecule has 0 aliphatic carbocycles. The molecule has 1 atom stereocenters.